The number of aromatic nitrogens is 1. The number of nitrogens with one attached hydrogen (secondary N) is 2. The second-order valence-corrected chi connectivity index (χ2v) is 8.98. The predicted molar refractivity (Wildman–Crippen MR) is 115 cm³/mol. The van der Waals surface area contributed by atoms with E-state index in [4.69, 9.17) is 5.73 Å². The summed E-state index contributed by atoms with van der Waals surface area (Å²) in [6, 6.07) is 2.68. The minimum absolute atomic E-state index is 0.0337. The third-order valence-corrected chi connectivity index (χ3v) is 6.49. The van der Waals surface area contributed by atoms with Gasteiger partial charge in [0.2, 0.25) is 5.91 Å². The summed E-state index contributed by atoms with van der Waals surface area (Å²) < 4.78 is 67.9. The lowest BCUT2D eigenvalue weighted by atomic mass is 9.72. The number of alkyl halides is 4. The molecule has 0 atom stereocenters. The Hall–Kier alpha value is -3.77. The number of hydrogen-bond acceptors (Lipinski definition) is 4. The van der Waals surface area contributed by atoms with Crippen molar-refractivity contribution in [2.24, 2.45) is 5.73 Å². The van der Waals surface area contributed by atoms with E-state index < -0.39 is 65.6 Å². The normalized spacial score (nSPS) is 17.3. The van der Waals surface area contributed by atoms with E-state index in [1.165, 1.54) is 11.5 Å². The summed E-state index contributed by atoms with van der Waals surface area (Å²) in [5, 5.41) is 4.44. The largest absolute Gasteiger partial charge is 0.368 e. The molecule has 4 rings (SSSR count). The zero-order valence-corrected chi connectivity index (χ0v) is 18.9. The standard InChI is InChI=1S/C23H21F5N4O4/c1-10-15(19(34)30-11-4-5-13(24)12(7-11)18(25)26)14-3-2-6-32(14)16(10)17(33)20(35)31-22(21(29)36)8-23(27,28)9-22/h4-5,7,18H,2-3,6,8-9H2,1H3,(H2,29,36)(H,30,34)(H,31,35). The van der Waals surface area contributed by atoms with E-state index >= 15 is 0 Å². The Morgan fingerprint density at radius 2 is 1.81 bits per heavy atom. The van der Waals surface area contributed by atoms with Crippen LogP contribution in [0.1, 0.15) is 63.4 Å². The fourth-order valence-corrected chi connectivity index (χ4v) is 4.83. The van der Waals surface area contributed by atoms with Crippen LogP contribution < -0.4 is 16.4 Å². The molecule has 0 unspecified atom stereocenters. The smallest absolute Gasteiger partial charge is 0.294 e. The number of carbonyl (C=O) groups excluding carboxylic acids is 4. The molecule has 0 spiro atoms. The minimum atomic E-state index is -3.21. The monoisotopic (exact) mass is 512 g/mol. The molecule has 0 radical (unpaired) electrons. The molecule has 1 aromatic carbocycles. The Morgan fingerprint density at radius 1 is 1.14 bits per heavy atom. The summed E-state index contributed by atoms with van der Waals surface area (Å²) in [6.07, 6.45) is -4.29. The first-order chi connectivity index (χ1) is 16.8. The first-order valence-electron chi connectivity index (χ1n) is 10.9. The maximum absolute atomic E-state index is 13.6. The number of amides is 3. The van der Waals surface area contributed by atoms with Gasteiger partial charge >= 0.3 is 0 Å². The van der Waals surface area contributed by atoms with Crippen molar-refractivity contribution >= 4 is 29.2 Å². The Kier molecular flexibility index (Phi) is 6.13. The van der Waals surface area contributed by atoms with Crippen molar-refractivity contribution in [3.05, 3.63) is 52.1 Å². The quantitative estimate of drug-likeness (QED) is 0.300. The van der Waals surface area contributed by atoms with Gasteiger partial charge in [0.05, 0.1) is 16.8 Å². The van der Waals surface area contributed by atoms with Gasteiger partial charge in [0.1, 0.15) is 11.4 Å². The maximum Gasteiger partial charge on any atom is 0.294 e. The van der Waals surface area contributed by atoms with Gasteiger partial charge in [0.15, 0.2) is 0 Å². The Morgan fingerprint density at radius 3 is 2.39 bits per heavy atom. The van der Waals surface area contributed by atoms with Crippen LogP contribution in [-0.4, -0.2) is 39.5 Å². The highest BCUT2D eigenvalue weighted by Crippen LogP contribution is 2.45. The van der Waals surface area contributed by atoms with Gasteiger partial charge < -0.3 is 20.9 Å². The number of nitrogens with zero attached hydrogens (tertiary/aromatic N) is 1. The van der Waals surface area contributed by atoms with Crippen molar-refractivity contribution < 1.29 is 41.1 Å². The van der Waals surface area contributed by atoms with Gasteiger partial charge in [0.25, 0.3) is 29.9 Å². The van der Waals surface area contributed by atoms with E-state index in [1.807, 2.05) is 5.32 Å². The molecule has 2 aliphatic rings. The summed E-state index contributed by atoms with van der Waals surface area (Å²) in [7, 11) is 0. The number of fused-ring (bicyclic) bond motifs is 1. The number of rotatable bonds is 7. The molecule has 4 N–H and O–H groups in total. The van der Waals surface area contributed by atoms with Gasteiger partial charge in [-0.3, -0.25) is 19.2 Å². The number of hydrogen-bond donors (Lipinski definition) is 3. The number of Topliss-reactive ketones (excluding diaryl/α,β-unsaturated/α-hetero) is 1. The number of anilines is 1. The molecule has 0 saturated heterocycles. The number of halogens is 5. The first-order valence-corrected chi connectivity index (χ1v) is 10.9. The first kappa shape index (κ1) is 25.3. The summed E-state index contributed by atoms with van der Waals surface area (Å²) in [5.41, 5.74) is 2.51. The summed E-state index contributed by atoms with van der Waals surface area (Å²) in [5.74, 6) is -8.79. The van der Waals surface area contributed by atoms with Gasteiger partial charge in [-0.25, -0.2) is 22.0 Å². The van der Waals surface area contributed by atoms with E-state index in [1.54, 1.807) is 0 Å². The van der Waals surface area contributed by atoms with Crippen LogP contribution in [0.3, 0.4) is 0 Å². The fourth-order valence-electron chi connectivity index (χ4n) is 4.83. The molecule has 1 aromatic heterocycles. The Labute approximate surface area is 201 Å². The average Bonchev–Trinajstić information content (AvgIpc) is 3.32. The third kappa shape index (κ3) is 4.22. The van der Waals surface area contributed by atoms with Gasteiger partial charge in [-0.15, -0.1) is 0 Å². The second-order valence-electron chi connectivity index (χ2n) is 8.98. The lowest BCUT2D eigenvalue weighted by Gasteiger charge is -2.44. The van der Waals surface area contributed by atoms with Gasteiger partial charge in [-0.2, -0.15) is 0 Å². The molecule has 2 heterocycles. The molecule has 1 saturated carbocycles. The Bertz CT molecular complexity index is 1300. The van der Waals surface area contributed by atoms with Gasteiger partial charge in [-0.1, -0.05) is 0 Å². The van der Waals surface area contributed by atoms with Crippen LogP contribution in [0, 0.1) is 12.7 Å². The second kappa shape index (κ2) is 8.71. The van der Waals surface area contributed by atoms with Crippen molar-refractivity contribution in [3.8, 4) is 0 Å². The zero-order valence-electron chi connectivity index (χ0n) is 18.9. The van der Waals surface area contributed by atoms with Crippen LogP contribution in [-0.2, 0) is 22.6 Å². The molecule has 13 heteroatoms. The molecule has 0 bridgehead atoms. The van der Waals surface area contributed by atoms with E-state index in [0.717, 1.165) is 18.2 Å². The minimum Gasteiger partial charge on any atom is -0.368 e. The Balaban J connectivity index is 1.62. The van der Waals surface area contributed by atoms with Crippen LogP contribution in [0.4, 0.5) is 27.6 Å². The van der Waals surface area contributed by atoms with Crippen molar-refractivity contribution in [2.75, 3.05) is 5.32 Å². The number of carbonyl (C=O) groups is 4. The van der Waals surface area contributed by atoms with Gasteiger partial charge in [-0.05, 0) is 43.5 Å². The topological polar surface area (TPSA) is 123 Å². The van der Waals surface area contributed by atoms with E-state index in [0.29, 0.717) is 18.5 Å². The van der Waals surface area contributed by atoms with Crippen molar-refractivity contribution in [1.82, 2.24) is 9.88 Å². The molecule has 8 nitrogen and oxygen atoms in total. The van der Waals surface area contributed by atoms with Crippen molar-refractivity contribution in [1.29, 1.82) is 0 Å². The summed E-state index contributed by atoms with van der Waals surface area (Å²) in [4.78, 5) is 50.5. The molecule has 36 heavy (non-hydrogen) atoms. The molecule has 192 valence electrons. The van der Waals surface area contributed by atoms with Crippen molar-refractivity contribution in [3.63, 3.8) is 0 Å². The highest BCUT2D eigenvalue weighted by Gasteiger charge is 2.61. The number of ketones is 1. The molecular weight excluding hydrogens is 491 g/mol. The molecule has 1 fully saturated rings. The molecule has 3 amide bonds. The maximum atomic E-state index is 13.6. The van der Waals surface area contributed by atoms with Crippen LogP contribution in [0.15, 0.2) is 18.2 Å². The SMILES string of the molecule is Cc1c(C(=O)Nc2ccc(F)c(C(F)F)c2)c2n(c1C(=O)C(=O)NC1(C(N)=O)CC(F)(F)C1)CCC2. The summed E-state index contributed by atoms with van der Waals surface area (Å²) >= 11 is 0. The van der Waals surface area contributed by atoms with E-state index in [2.05, 4.69) is 5.32 Å². The zero-order chi connectivity index (χ0) is 26.6. The fraction of sp³-hybridized carbons (Fsp3) is 0.391. The number of benzene rings is 1. The molecule has 1 aliphatic carbocycles. The van der Waals surface area contributed by atoms with Crippen LogP contribution in [0.2, 0.25) is 0 Å². The molecule has 1 aliphatic heterocycles. The predicted octanol–water partition coefficient (Wildman–Crippen LogP) is 3.02. The lowest BCUT2D eigenvalue weighted by molar-refractivity contribution is -0.162. The molecular formula is C23H21F5N4O4. The number of primary amides is 1. The van der Waals surface area contributed by atoms with Gasteiger partial charge in [0, 0.05) is 30.8 Å². The van der Waals surface area contributed by atoms with E-state index in [-0.39, 0.29) is 29.1 Å². The number of nitrogens with two attached hydrogens (primary N) is 1. The van der Waals surface area contributed by atoms with Crippen LogP contribution >= 0.6 is 0 Å². The highest BCUT2D eigenvalue weighted by atomic mass is 19.3. The average molecular weight is 512 g/mol. The van der Waals surface area contributed by atoms with E-state index in [9.17, 15) is 41.1 Å². The van der Waals surface area contributed by atoms with Crippen LogP contribution in [0.25, 0.3) is 0 Å². The van der Waals surface area contributed by atoms with Crippen molar-refractivity contribution in [2.45, 2.75) is 57.0 Å². The highest BCUT2D eigenvalue weighted by molar-refractivity contribution is 6.43. The third-order valence-electron chi connectivity index (χ3n) is 6.49. The van der Waals surface area contributed by atoms with Crippen LogP contribution in [0.5, 0.6) is 0 Å². The summed E-state index contributed by atoms with van der Waals surface area (Å²) in [6.45, 7) is 1.68. The molecule has 2 aromatic rings. The lowest BCUT2D eigenvalue weighted by Crippen LogP contribution is -2.69.